The van der Waals surface area contributed by atoms with Crippen molar-refractivity contribution in [2.75, 3.05) is 13.7 Å². The monoisotopic (exact) mass is 283 g/mol. The van der Waals surface area contributed by atoms with Crippen LogP contribution < -0.4 is 9.47 Å². The van der Waals surface area contributed by atoms with Crippen molar-refractivity contribution in [1.82, 2.24) is 4.98 Å². The molecule has 0 N–H and O–H groups in total. The fourth-order valence-electron chi connectivity index (χ4n) is 2.07. The standard InChI is InChI=1S/C17H17NO3/c1-3-10-20-13-6-4-12(5-7-13)17-18-15-11-14(19-2)8-9-16(15)21-17/h4-9,11H,3,10H2,1-2H3. The lowest BCUT2D eigenvalue weighted by Crippen LogP contribution is -1.94. The average Bonchev–Trinajstić information content (AvgIpc) is 2.96. The van der Waals surface area contributed by atoms with E-state index < -0.39 is 0 Å². The molecule has 0 aliphatic rings. The Morgan fingerprint density at radius 2 is 1.81 bits per heavy atom. The Balaban J connectivity index is 1.89. The Hall–Kier alpha value is -2.49. The van der Waals surface area contributed by atoms with Crippen LogP contribution in [0, 0.1) is 0 Å². The number of nitrogens with zero attached hydrogens (tertiary/aromatic N) is 1. The van der Waals surface area contributed by atoms with Crippen LogP contribution in [0.2, 0.25) is 0 Å². The predicted molar refractivity (Wildman–Crippen MR) is 81.8 cm³/mol. The first-order valence-electron chi connectivity index (χ1n) is 6.98. The summed E-state index contributed by atoms with van der Waals surface area (Å²) in [5, 5.41) is 0. The zero-order chi connectivity index (χ0) is 14.7. The second kappa shape index (κ2) is 5.87. The summed E-state index contributed by atoms with van der Waals surface area (Å²) < 4.78 is 16.5. The fraction of sp³-hybridized carbons (Fsp3) is 0.235. The zero-order valence-corrected chi connectivity index (χ0v) is 12.1. The molecule has 0 aliphatic carbocycles. The largest absolute Gasteiger partial charge is 0.497 e. The maximum absolute atomic E-state index is 5.77. The van der Waals surface area contributed by atoms with E-state index in [-0.39, 0.29) is 0 Å². The van der Waals surface area contributed by atoms with Gasteiger partial charge in [0, 0.05) is 11.6 Å². The van der Waals surface area contributed by atoms with Crippen molar-refractivity contribution < 1.29 is 13.9 Å². The summed E-state index contributed by atoms with van der Waals surface area (Å²) in [5.41, 5.74) is 2.46. The van der Waals surface area contributed by atoms with Crippen molar-refractivity contribution >= 4 is 11.1 Å². The third-order valence-corrected chi connectivity index (χ3v) is 3.17. The molecular formula is C17H17NO3. The van der Waals surface area contributed by atoms with Gasteiger partial charge in [-0.05, 0) is 42.8 Å². The van der Waals surface area contributed by atoms with E-state index in [4.69, 9.17) is 13.9 Å². The molecule has 0 saturated carbocycles. The van der Waals surface area contributed by atoms with E-state index in [9.17, 15) is 0 Å². The molecule has 0 bridgehead atoms. The van der Waals surface area contributed by atoms with Gasteiger partial charge in [0.2, 0.25) is 5.89 Å². The number of hydrogen-bond donors (Lipinski definition) is 0. The number of benzene rings is 2. The van der Waals surface area contributed by atoms with Crippen molar-refractivity contribution in [2.45, 2.75) is 13.3 Å². The number of ether oxygens (including phenoxy) is 2. The maximum atomic E-state index is 5.77. The van der Waals surface area contributed by atoms with Crippen LogP contribution in [0.4, 0.5) is 0 Å². The summed E-state index contributed by atoms with van der Waals surface area (Å²) in [4.78, 5) is 4.50. The first kappa shape index (κ1) is 13.5. The van der Waals surface area contributed by atoms with Crippen molar-refractivity contribution in [3.05, 3.63) is 42.5 Å². The predicted octanol–water partition coefficient (Wildman–Crippen LogP) is 4.29. The second-order valence-electron chi connectivity index (χ2n) is 4.73. The van der Waals surface area contributed by atoms with Crippen LogP contribution in [0.25, 0.3) is 22.6 Å². The molecule has 0 saturated heterocycles. The first-order chi connectivity index (χ1) is 10.3. The van der Waals surface area contributed by atoms with Crippen LogP contribution in [0.15, 0.2) is 46.9 Å². The van der Waals surface area contributed by atoms with Crippen molar-refractivity contribution in [3.63, 3.8) is 0 Å². The summed E-state index contributed by atoms with van der Waals surface area (Å²) in [6.45, 7) is 2.81. The number of methoxy groups -OCH3 is 1. The lowest BCUT2D eigenvalue weighted by molar-refractivity contribution is 0.317. The molecule has 21 heavy (non-hydrogen) atoms. The molecule has 3 aromatic rings. The highest BCUT2D eigenvalue weighted by Crippen LogP contribution is 2.27. The van der Waals surface area contributed by atoms with E-state index in [1.54, 1.807) is 7.11 Å². The summed E-state index contributed by atoms with van der Waals surface area (Å²) in [6, 6.07) is 13.4. The van der Waals surface area contributed by atoms with Crippen LogP contribution in [0.1, 0.15) is 13.3 Å². The molecule has 0 amide bonds. The summed E-state index contributed by atoms with van der Waals surface area (Å²) in [6.07, 6.45) is 0.995. The maximum Gasteiger partial charge on any atom is 0.227 e. The van der Waals surface area contributed by atoms with Crippen molar-refractivity contribution in [1.29, 1.82) is 0 Å². The third kappa shape index (κ3) is 2.84. The zero-order valence-electron chi connectivity index (χ0n) is 12.1. The molecule has 0 atom stereocenters. The first-order valence-corrected chi connectivity index (χ1v) is 6.98. The van der Waals surface area contributed by atoms with Gasteiger partial charge in [-0.3, -0.25) is 0 Å². The summed E-state index contributed by atoms with van der Waals surface area (Å²) in [7, 11) is 1.64. The highest BCUT2D eigenvalue weighted by Gasteiger charge is 2.09. The second-order valence-corrected chi connectivity index (χ2v) is 4.73. The van der Waals surface area contributed by atoms with Crippen LogP contribution in [-0.4, -0.2) is 18.7 Å². The van der Waals surface area contributed by atoms with Crippen LogP contribution in [-0.2, 0) is 0 Å². The van der Waals surface area contributed by atoms with Gasteiger partial charge in [-0.1, -0.05) is 6.92 Å². The van der Waals surface area contributed by atoms with E-state index in [2.05, 4.69) is 11.9 Å². The molecule has 3 rings (SSSR count). The van der Waals surface area contributed by atoms with Gasteiger partial charge < -0.3 is 13.9 Å². The Kier molecular flexibility index (Phi) is 3.77. The Morgan fingerprint density at radius 1 is 1.05 bits per heavy atom. The third-order valence-electron chi connectivity index (χ3n) is 3.17. The quantitative estimate of drug-likeness (QED) is 0.700. The minimum Gasteiger partial charge on any atom is -0.497 e. The van der Waals surface area contributed by atoms with Crippen LogP contribution in [0.5, 0.6) is 11.5 Å². The number of aromatic nitrogens is 1. The molecule has 2 aromatic carbocycles. The molecule has 0 fully saturated rings. The highest BCUT2D eigenvalue weighted by atomic mass is 16.5. The lowest BCUT2D eigenvalue weighted by Gasteiger charge is -2.04. The SMILES string of the molecule is CCCOc1ccc(-c2nc3cc(OC)ccc3o2)cc1. The fourth-order valence-corrected chi connectivity index (χ4v) is 2.07. The van der Waals surface area contributed by atoms with Crippen LogP contribution >= 0.6 is 0 Å². The normalized spacial score (nSPS) is 10.8. The molecule has 1 aromatic heterocycles. The van der Waals surface area contributed by atoms with Gasteiger partial charge in [0.25, 0.3) is 0 Å². The van der Waals surface area contributed by atoms with Gasteiger partial charge in [-0.25, -0.2) is 4.98 Å². The van der Waals surface area contributed by atoms with Crippen LogP contribution in [0.3, 0.4) is 0 Å². The minimum absolute atomic E-state index is 0.597. The molecule has 0 aliphatic heterocycles. The van der Waals surface area contributed by atoms with E-state index in [1.165, 1.54) is 0 Å². The van der Waals surface area contributed by atoms with Crippen molar-refractivity contribution in [2.24, 2.45) is 0 Å². The van der Waals surface area contributed by atoms with Gasteiger partial charge >= 0.3 is 0 Å². The number of fused-ring (bicyclic) bond motifs is 1. The van der Waals surface area contributed by atoms with E-state index in [1.807, 2.05) is 42.5 Å². The molecule has 0 unspecified atom stereocenters. The molecule has 0 radical (unpaired) electrons. The molecule has 0 spiro atoms. The van der Waals surface area contributed by atoms with Gasteiger partial charge in [0.1, 0.15) is 17.0 Å². The van der Waals surface area contributed by atoms with E-state index in [0.717, 1.165) is 41.2 Å². The molecular weight excluding hydrogens is 266 g/mol. The molecule has 4 heteroatoms. The van der Waals surface area contributed by atoms with E-state index >= 15 is 0 Å². The number of rotatable bonds is 5. The average molecular weight is 283 g/mol. The molecule has 1 heterocycles. The number of oxazole rings is 1. The Bertz CT molecular complexity index is 731. The molecule has 108 valence electrons. The molecule has 4 nitrogen and oxygen atoms in total. The lowest BCUT2D eigenvalue weighted by atomic mass is 10.2. The van der Waals surface area contributed by atoms with Crippen molar-refractivity contribution in [3.8, 4) is 23.0 Å². The van der Waals surface area contributed by atoms with Gasteiger partial charge in [0.05, 0.1) is 13.7 Å². The van der Waals surface area contributed by atoms with Gasteiger partial charge in [-0.2, -0.15) is 0 Å². The Labute approximate surface area is 123 Å². The van der Waals surface area contributed by atoms with E-state index in [0.29, 0.717) is 5.89 Å². The topological polar surface area (TPSA) is 44.5 Å². The summed E-state index contributed by atoms with van der Waals surface area (Å²) in [5.74, 6) is 2.23. The Morgan fingerprint density at radius 3 is 2.52 bits per heavy atom. The number of hydrogen-bond acceptors (Lipinski definition) is 4. The smallest absolute Gasteiger partial charge is 0.227 e. The minimum atomic E-state index is 0.597. The van der Waals surface area contributed by atoms with Gasteiger partial charge in [0.15, 0.2) is 5.58 Å². The highest BCUT2D eigenvalue weighted by molar-refractivity contribution is 5.77. The van der Waals surface area contributed by atoms with Gasteiger partial charge in [-0.15, -0.1) is 0 Å². The summed E-state index contributed by atoms with van der Waals surface area (Å²) >= 11 is 0.